The van der Waals surface area contributed by atoms with Crippen molar-refractivity contribution >= 4 is 0 Å². The normalized spacial score (nSPS) is 20.4. The van der Waals surface area contributed by atoms with Crippen LogP contribution in [-0.2, 0) is 0 Å². The van der Waals surface area contributed by atoms with E-state index in [0.717, 1.165) is 38.9 Å². The molecule has 0 amide bonds. The quantitative estimate of drug-likeness (QED) is 0.872. The molecular weight excluding hydrogens is 269 g/mol. The second-order valence-corrected chi connectivity index (χ2v) is 5.84. The Kier molecular flexibility index (Phi) is 6.08. The molecule has 21 heavy (non-hydrogen) atoms. The minimum atomic E-state index is -0.613. The van der Waals surface area contributed by atoms with E-state index in [1.54, 1.807) is 6.07 Å². The summed E-state index contributed by atoms with van der Waals surface area (Å²) in [5.74, 6) is -0.368. The third-order valence-electron chi connectivity index (χ3n) is 4.43. The molecule has 1 aliphatic heterocycles. The third-order valence-corrected chi connectivity index (χ3v) is 4.43. The van der Waals surface area contributed by atoms with Crippen molar-refractivity contribution in [3.05, 3.63) is 29.8 Å². The maximum Gasteiger partial charge on any atom is 0.141 e. The molecule has 1 saturated heterocycles. The number of aliphatic hydroxyl groups is 1. The van der Waals surface area contributed by atoms with Gasteiger partial charge < -0.3 is 10.0 Å². The summed E-state index contributed by atoms with van der Waals surface area (Å²) in [5.41, 5.74) is 0.551. The number of aromatic nitrogens is 1. The first kappa shape index (κ1) is 16.3. The zero-order valence-electron chi connectivity index (χ0n) is 13.0. The van der Waals surface area contributed by atoms with E-state index in [4.69, 9.17) is 0 Å². The van der Waals surface area contributed by atoms with E-state index in [2.05, 4.69) is 28.6 Å². The molecular formula is C16H26FN3O. The van der Waals surface area contributed by atoms with Gasteiger partial charge in [0.15, 0.2) is 0 Å². The fourth-order valence-corrected chi connectivity index (χ4v) is 2.72. The van der Waals surface area contributed by atoms with Crippen molar-refractivity contribution in [1.29, 1.82) is 0 Å². The van der Waals surface area contributed by atoms with Crippen LogP contribution in [0.3, 0.4) is 0 Å². The zero-order chi connectivity index (χ0) is 15.2. The number of hydrogen-bond acceptors (Lipinski definition) is 4. The molecule has 0 spiro atoms. The number of hydrogen-bond donors (Lipinski definition) is 1. The molecule has 0 radical (unpaired) electrons. The average molecular weight is 295 g/mol. The van der Waals surface area contributed by atoms with Gasteiger partial charge in [0.1, 0.15) is 5.82 Å². The van der Waals surface area contributed by atoms with Gasteiger partial charge in [-0.05, 0) is 31.9 Å². The monoisotopic (exact) mass is 295 g/mol. The van der Waals surface area contributed by atoms with Crippen molar-refractivity contribution in [3.8, 4) is 0 Å². The van der Waals surface area contributed by atoms with E-state index in [0.29, 0.717) is 18.2 Å². The standard InChI is InChI=1S/C16H26FN3O/c1-3-13(2)20-10-8-19(9-11-20)7-6-16(21)15-5-4-14(17)12-18-15/h4-5,12-13,16,21H,3,6-11H2,1-2H3. The molecule has 1 aliphatic rings. The molecule has 5 heteroatoms. The van der Waals surface area contributed by atoms with Crippen molar-refractivity contribution in [2.75, 3.05) is 32.7 Å². The highest BCUT2D eigenvalue weighted by atomic mass is 19.1. The molecule has 1 aromatic heterocycles. The van der Waals surface area contributed by atoms with Crippen molar-refractivity contribution in [2.24, 2.45) is 0 Å². The summed E-state index contributed by atoms with van der Waals surface area (Å²) in [4.78, 5) is 8.84. The highest BCUT2D eigenvalue weighted by Crippen LogP contribution is 2.16. The predicted octanol–water partition coefficient (Wildman–Crippen LogP) is 2.06. The summed E-state index contributed by atoms with van der Waals surface area (Å²) < 4.78 is 12.8. The number of halogens is 1. The van der Waals surface area contributed by atoms with Crippen LogP contribution in [0.4, 0.5) is 4.39 Å². The van der Waals surface area contributed by atoms with Crippen molar-refractivity contribution in [2.45, 2.75) is 38.8 Å². The molecule has 1 N–H and O–H groups in total. The highest BCUT2D eigenvalue weighted by molar-refractivity contribution is 5.07. The van der Waals surface area contributed by atoms with Crippen LogP contribution in [0.5, 0.6) is 0 Å². The number of nitrogens with zero attached hydrogens (tertiary/aromatic N) is 3. The zero-order valence-corrected chi connectivity index (χ0v) is 13.0. The first-order chi connectivity index (χ1) is 10.1. The van der Waals surface area contributed by atoms with Gasteiger partial charge in [0.05, 0.1) is 18.0 Å². The van der Waals surface area contributed by atoms with Gasteiger partial charge in [-0.1, -0.05) is 6.92 Å². The van der Waals surface area contributed by atoms with Gasteiger partial charge in [0, 0.05) is 38.8 Å². The highest BCUT2D eigenvalue weighted by Gasteiger charge is 2.20. The summed E-state index contributed by atoms with van der Waals surface area (Å²) in [5, 5.41) is 10.1. The van der Waals surface area contributed by atoms with Gasteiger partial charge in [0.2, 0.25) is 0 Å². The lowest BCUT2D eigenvalue weighted by Crippen LogP contribution is -2.49. The average Bonchev–Trinajstić information content (AvgIpc) is 2.53. The van der Waals surface area contributed by atoms with Crippen molar-refractivity contribution < 1.29 is 9.50 Å². The molecule has 1 fully saturated rings. The lowest BCUT2D eigenvalue weighted by Gasteiger charge is -2.38. The molecule has 4 nitrogen and oxygen atoms in total. The maximum absolute atomic E-state index is 12.8. The third kappa shape index (κ3) is 4.73. The Labute approximate surface area is 126 Å². The molecule has 2 unspecified atom stereocenters. The topological polar surface area (TPSA) is 39.6 Å². The van der Waals surface area contributed by atoms with E-state index >= 15 is 0 Å². The largest absolute Gasteiger partial charge is 0.387 e. The number of aliphatic hydroxyl groups excluding tert-OH is 1. The fraction of sp³-hybridized carbons (Fsp3) is 0.688. The van der Waals surface area contributed by atoms with Gasteiger partial charge in [-0.2, -0.15) is 0 Å². The van der Waals surface area contributed by atoms with Crippen molar-refractivity contribution in [3.63, 3.8) is 0 Å². The van der Waals surface area contributed by atoms with E-state index < -0.39 is 6.10 Å². The molecule has 0 aromatic carbocycles. The second kappa shape index (κ2) is 7.82. The van der Waals surface area contributed by atoms with Crippen LogP contribution in [0, 0.1) is 5.82 Å². The van der Waals surface area contributed by atoms with Crippen LogP contribution >= 0.6 is 0 Å². The minimum absolute atomic E-state index is 0.368. The van der Waals surface area contributed by atoms with Crippen LogP contribution < -0.4 is 0 Å². The van der Waals surface area contributed by atoms with Crippen LogP contribution in [0.25, 0.3) is 0 Å². The van der Waals surface area contributed by atoms with Gasteiger partial charge in [-0.3, -0.25) is 9.88 Å². The van der Waals surface area contributed by atoms with E-state index in [9.17, 15) is 9.50 Å². The SMILES string of the molecule is CCC(C)N1CCN(CCC(O)c2ccc(F)cn2)CC1. The lowest BCUT2D eigenvalue weighted by molar-refractivity contribution is 0.0821. The second-order valence-electron chi connectivity index (χ2n) is 5.84. The number of rotatable bonds is 6. The lowest BCUT2D eigenvalue weighted by atomic mass is 10.1. The van der Waals surface area contributed by atoms with Crippen LogP contribution in [-0.4, -0.2) is 58.7 Å². The van der Waals surface area contributed by atoms with Gasteiger partial charge in [-0.15, -0.1) is 0 Å². The number of piperazine rings is 1. The first-order valence-electron chi connectivity index (χ1n) is 7.86. The summed E-state index contributed by atoms with van der Waals surface area (Å²) in [7, 11) is 0. The molecule has 0 bridgehead atoms. The van der Waals surface area contributed by atoms with E-state index in [-0.39, 0.29) is 5.82 Å². The molecule has 2 heterocycles. The molecule has 2 atom stereocenters. The Morgan fingerprint density at radius 3 is 2.57 bits per heavy atom. The first-order valence-corrected chi connectivity index (χ1v) is 7.86. The molecule has 118 valence electrons. The summed E-state index contributed by atoms with van der Waals surface area (Å²) in [6, 6.07) is 3.55. The summed E-state index contributed by atoms with van der Waals surface area (Å²) in [6.45, 7) is 9.65. The van der Waals surface area contributed by atoms with E-state index in [1.807, 2.05) is 0 Å². The smallest absolute Gasteiger partial charge is 0.141 e. The molecule has 0 aliphatic carbocycles. The van der Waals surface area contributed by atoms with Gasteiger partial charge in [0.25, 0.3) is 0 Å². The van der Waals surface area contributed by atoms with Crippen molar-refractivity contribution in [1.82, 2.24) is 14.8 Å². The minimum Gasteiger partial charge on any atom is -0.387 e. The molecule has 0 saturated carbocycles. The Morgan fingerprint density at radius 2 is 2.00 bits per heavy atom. The Morgan fingerprint density at radius 1 is 1.29 bits per heavy atom. The Hall–Kier alpha value is -1.04. The van der Waals surface area contributed by atoms with Crippen LogP contribution in [0.2, 0.25) is 0 Å². The van der Waals surface area contributed by atoms with Crippen LogP contribution in [0.15, 0.2) is 18.3 Å². The Bertz CT molecular complexity index is 418. The summed E-state index contributed by atoms with van der Waals surface area (Å²) >= 11 is 0. The van der Waals surface area contributed by atoms with E-state index in [1.165, 1.54) is 12.5 Å². The van der Waals surface area contributed by atoms with Gasteiger partial charge >= 0.3 is 0 Å². The number of pyridine rings is 1. The maximum atomic E-state index is 12.8. The van der Waals surface area contributed by atoms with Crippen LogP contribution in [0.1, 0.15) is 38.5 Å². The molecule has 2 rings (SSSR count). The predicted molar refractivity (Wildman–Crippen MR) is 81.5 cm³/mol. The van der Waals surface area contributed by atoms with Gasteiger partial charge in [-0.25, -0.2) is 4.39 Å². The molecule has 1 aromatic rings. The fourth-order valence-electron chi connectivity index (χ4n) is 2.72. The Balaban J connectivity index is 1.73. The summed E-state index contributed by atoms with van der Waals surface area (Å²) in [6.07, 6.45) is 2.37.